The summed E-state index contributed by atoms with van der Waals surface area (Å²) in [6.07, 6.45) is 1.27. The topological polar surface area (TPSA) is 79.6 Å². The molecule has 0 spiro atoms. The minimum Gasteiger partial charge on any atom is -0.423 e. The fraction of sp³-hybridized carbons (Fsp3) is 0.389. The van der Waals surface area contributed by atoms with E-state index in [0.717, 1.165) is 17.4 Å². The molecule has 0 bridgehead atoms. The molecule has 4 rings (SSSR count). The van der Waals surface area contributed by atoms with E-state index in [-0.39, 0.29) is 16.7 Å². The summed E-state index contributed by atoms with van der Waals surface area (Å²) in [4.78, 5) is 37.9. The van der Waals surface area contributed by atoms with Gasteiger partial charge in [-0.05, 0) is 38.0 Å². The zero-order chi connectivity index (χ0) is 17.8. The van der Waals surface area contributed by atoms with E-state index in [1.54, 1.807) is 28.8 Å². The van der Waals surface area contributed by atoms with Crippen LogP contribution in [0.1, 0.15) is 25.3 Å². The van der Waals surface area contributed by atoms with E-state index in [0.29, 0.717) is 23.4 Å². The van der Waals surface area contributed by atoms with E-state index in [4.69, 9.17) is 4.42 Å². The van der Waals surface area contributed by atoms with Gasteiger partial charge in [0.2, 0.25) is 11.8 Å². The van der Waals surface area contributed by atoms with E-state index in [1.807, 2.05) is 19.9 Å². The van der Waals surface area contributed by atoms with Crippen molar-refractivity contribution in [3.8, 4) is 0 Å². The summed E-state index contributed by atoms with van der Waals surface area (Å²) in [5.74, 6) is 0.421. The molecule has 2 aliphatic heterocycles. The predicted molar refractivity (Wildman–Crippen MR) is 96.6 cm³/mol. The standard InChI is InChI=1S/C18H18N2O4S/c1-10-7-16(22)24-14-8-11(3-4-12(10)14)19-17(23)13-9-25-18(2)6-5-15(21)20(13)18/h3-4,7-8,13H,5-6,9H2,1-2H3,(H,19,23)/t13-,18-/m1/s1. The van der Waals surface area contributed by atoms with Gasteiger partial charge < -0.3 is 14.6 Å². The first-order valence-electron chi connectivity index (χ1n) is 8.19. The van der Waals surface area contributed by atoms with Crippen LogP contribution in [0, 0.1) is 6.92 Å². The van der Waals surface area contributed by atoms with Crippen molar-refractivity contribution in [1.29, 1.82) is 0 Å². The number of nitrogens with one attached hydrogen (secondary N) is 1. The average molecular weight is 358 g/mol. The molecule has 7 heteroatoms. The number of carbonyl (C=O) groups is 2. The van der Waals surface area contributed by atoms with Gasteiger partial charge in [-0.3, -0.25) is 9.59 Å². The van der Waals surface area contributed by atoms with E-state index in [1.165, 1.54) is 6.07 Å². The average Bonchev–Trinajstić information content (AvgIpc) is 3.03. The maximum absolute atomic E-state index is 12.7. The van der Waals surface area contributed by atoms with Crippen molar-refractivity contribution in [3.63, 3.8) is 0 Å². The highest BCUT2D eigenvalue weighted by Crippen LogP contribution is 2.47. The Morgan fingerprint density at radius 2 is 2.16 bits per heavy atom. The number of nitrogens with zero attached hydrogens (tertiary/aromatic N) is 1. The van der Waals surface area contributed by atoms with Crippen molar-refractivity contribution >= 4 is 40.2 Å². The van der Waals surface area contributed by atoms with Crippen LogP contribution in [0.4, 0.5) is 5.69 Å². The second-order valence-electron chi connectivity index (χ2n) is 6.71. The molecule has 0 saturated carbocycles. The summed E-state index contributed by atoms with van der Waals surface area (Å²) >= 11 is 1.66. The quantitative estimate of drug-likeness (QED) is 0.835. The first-order valence-corrected chi connectivity index (χ1v) is 9.17. The molecule has 130 valence electrons. The number of thioether (sulfide) groups is 1. The van der Waals surface area contributed by atoms with Crippen LogP contribution in [0.3, 0.4) is 0 Å². The first-order chi connectivity index (χ1) is 11.9. The Kier molecular flexibility index (Phi) is 3.64. The fourth-order valence-corrected chi connectivity index (χ4v) is 5.07. The smallest absolute Gasteiger partial charge is 0.336 e. The zero-order valence-electron chi connectivity index (χ0n) is 14.0. The lowest BCUT2D eigenvalue weighted by Crippen LogP contribution is -2.48. The summed E-state index contributed by atoms with van der Waals surface area (Å²) in [6.45, 7) is 3.86. The number of hydrogen-bond donors (Lipinski definition) is 1. The van der Waals surface area contributed by atoms with Crippen LogP contribution >= 0.6 is 11.8 Å². The molecule has 1 N–H and O–H groups in total. The van der Waals surface area contributed by atoms with Gasteiger partial charge in [0.1, 0.15) is 11.6 Å². The summed E-state index contributed by atoms with van der Waals surface area (Å²) in [5.41, 5.74) is 1.40. The molecule has 0 aliphatic carbocycles. The lowest BCUT2D eigenvalue weighted by atomic mass is 10.1. The minimum atomic E-state index is -0.467. The van der Waals surface area contributed by atoms with Crippen LogP contribution < -0.4 is 10.9 Å². The maximum Gasteiger partial charge on any atom is 0.336 e. The molecule has 2 amide bonds. The molecule has 6 nitrogen and oxygen atoms in total. The van der Waals surface area contributed by atoms with Gasteiger partial charge in [-0.25, -0.2) is 4.79 Å². The molecule has 25 heavy (non-hydrogen) atoms. The third kappa shape index (κ3) is 2.63. The van der Waals surface area contributed by atoms with Gasteiger partial charge in [-0.1, -0.05) is 0 Å². The van der Waals surface area contributed by atoms with Gasteiger partial charge in [-0.2, -0.15) is 0 Å². The zero-order valence-corrected chi connectivity index (χ0v) is 14.8. The highest BCUT2D eigenvalue weighted by molar-refractivity contribution is 8.01. The third-order valence-corrected chi connectivity index (χ3v) is 6.47. The third-order valence-electron chi connectivity index (χ3n) is 4.97. The molecule has 2 atom stereocenters. The van der Waals surface area contributed by atoms with Crippen LogP contribution in [-0.2, 0) is 9.59 Å². The number of anilines is 1. The van der Waals surface area contributed by atoms with Gasteiger partial charge >= 0.3 is 5.63 Å². The Bertz CT molecular complexity index is 954. The van der Waals surface area contributed by atoms with Gasteiger partial charge in [-0.15, -0.1) is 11.8 Å². The van der Waals surface area contributed by atoms with Crippen molar-refractivity contribution in [1.82, 2.24) is 4.90 Å². The van der Waals surface area contributed by atoms with E-state index in [2.05, 4.69) is 5.32 Å². The number of fused-ring (bicyclic) bond motifs is 2. The van der Waals surface area contributed by atoms with Gasteiger partial charge in [0.05, 0.1) is 4.87 Å². The van der Waals surface area contributed by atoms with Crippen LogP contribution in [0.25, 0.3) is 11.0 Å². The van der Waals surface area contributed by atoms with Gasteiger partial charge in [0.15, 0.2) is 0 Å². The highest BCUT2D eigenvalue weighted by Gasteiger charge is 2.52. The van der Waals surface area contributed by atoms with Crippen LogP contribution in [0.2, 0.25) is 0 Å². The summed E-state index contributed by atoms with van der Waals surface area (Å²) in [5, 5.41) is 3.69. The lowest BCUT2D eigenvalue weighted by Gasteiger charge is -2.29. The molecular weight excluding hydrogens is 340 g/mol. The number of hydrogen-bond acceptors (Lipinski definition) is 5. The molecule has 2 fully saturated rings. The van der Waals surface area contributed by atoms with Gasteiger partial charge in [0, 0.05) is 35.4 Å². The first kappa shape index (κ1) is 16.2. The normalized spacial score (nSPS) is 25.4. The van der Waals surface area contributed by atoms with E-state index < -0.39 is 11.7 Å². The monoisotopic (exact) mass is 358 g/mol. The second kappa shape index (κ2) is 5.62. The maximum atomic E-state index is 12.7. The Hall–Kier alpha value is -2.28. The molecule has 1 aromatic heterocycles. The minimum absolute atomic E-state index is 0.0350. The van der Waals surface area contributed by atoms with Crippen LogP contribution in [0.5, 0.6) is 0 Å². The molecule has 1 aromatic carbocycles. The van der Waals surface area contributed by atoms with Crippen molar-refractivity contribution < 1.29 is 14.0 Å². The van der Waals surface area contributed by atoms with Crippen molar-refractivity contribution in [2.24, 2.45) is 0 Å². The summed E-state index contributed by atoms with van der Waals surface area (Å²) in [7, 11) is 0. The molecule has 2 aromatic rings. The van der Waals surface area contributed by atoms with E-state index >= 15 is 0 Å². The molecular formula is C18H18N2O4S. The largest absolute Gasteiger partial charge is 0.423 e. The number of carbonyl (C=O) groups excluding carboxylic acids is 2. The Balaban J connectivity index is 1.60. The summed E-state index contributed by atoms with van der Waals surface area (Å²) in [6, 6.07) is 6.22. The molecule has 2 saturated heterocycles. The van der Waals surface area contributed by atoms with Crippen molar-refractivity contribution in [2.45, 2.75) is 37.6 Å². The van der Waals surface area contributed by atoms with Crippen LogP contribution in [0.15, 0.2) is 33.5 Å². The molecule has 0 unspecified atom stereocenters. The Labute approximate surface area is 148 Å². The number of benzene rings is 1. The Morgan fingerprint density at radius 1 is 1.36 bits per heavy atom. The van der Waals surface area contributed by atoms with Crippen LogP contribution in [-0.4, -0.2) is 33.4 Å². The lowest BCUT2D eigenvalue weighted by molar-refractivity contribution is -0.135. The predicted octanol–water partition coefficient (Wildman–Crippen LogP) is 2.49. The van der Waals surface area contributed by atoms with Crippen molar-refractivity contribution in [3.05, 3.63) is 40.2 Å². The number of amides is 2. The van der Waals surface area contributed by atoms with Crippen molar-refractivity contribution in [2.75, 3.05) is 11.1 Å². The fourth-order valence-electron chi connectivity index (χ4n) is 3.64. The number of rotatable bonds is 2. The molecule has 3 heterocycles. The Morgan fingerprint density at radius 3 is 2.96 bits per heavy atom. The van der Waals surface area contributed by atoms with Gasteiger partial charge in [0.25, 0.3) is 0 Å². The summed E-state index contributed by atoms with van der Waals surface area (Å²) < 4.78 is 5.22. The second-order valence-corrected chi connectivity index (χ2v) is 8.22. The molecule has 0 radical (unpaired) electrons. The van der Waals surface area contributed by atoms with E-state index in [9.17, 15) is 14.4 Å². The number of aryl methyl sites for hydroxylation is 1. The SMILES string of the molecule is Cc1cc(=O)oc2cc(NC(=O)[C@H]3CS[C@]4(C)CCC(=O)N34)ccc12. The highest BCUT2D eigenvalue weighted by atomic mass is 32.2. The molecule has 2 aliphatic rings.